The molecule has 338 valence electrons. The quantitative estimate of drug-likeness (QED) is 0.0293. The molecule has 0 radical (unpaired) electrons. The summed E-state index contributed by atoms with van der Waals surface area (Å²) in [7, 11) is 3.85. The van der Waals surface area contributed by atoms with Crippen LogP contribution in [-0.2, 0) is 57.2 Å². The lowest BCUT2D eigenvalue weighted by Crippen LogP contribution is -2.31. The van der Waals surface area contributed by atoms with Gasteiger partial charge in [-0.1, -0.05) is 56.1 Å². The topological polar surface area (TPSA) is 185 Å². The number of unbranched alkanes of at least 4 members (excludes halogenated alkanes) is 3. The first-order chi connectivity index (χ1) is 30.3. The average molecular weight is 873 g/mol. The maximum absolute atomic E-state index is 12.8. The Hall–Kier alpha value is -6.90. The highest BCUT2D eigenvalue weighted by molar-refractivity contribution is 6.16. The molecule has 0 aliphatic carbocycles. The molecule has 15 heteroatoms. The summed E-state index contributed by atoms with van der Waals surface area (Å²) in [5, 5.41) is 0. The summed E-state index contributed by atoms with van der Waals surface area (Å²) < 4.78 is 47.7. The van der Waals surface area contributed by atoms with Gasteiger partial charge in [0.15, 0.2) is 6.10 Å². The molecule has 3 rings (SSSR count). The predicted octanol–water partition coefficient (Wildman–Crippen LogP) is 7.29. The van der Waals surface area contributed by atoms with E-state index in [1.165, 1.54) is 21.3 Å². The van der Waals surface area contributed by atoms with Crippen molar-refractivity contribution in [3.8, 4) is 17.2 Å². The van der Waals surface area contributed by atoms with E-state index in [1.54, 1.807) is 72.8 Å². The van der Waals surface area contributed by atoms with E-state index in [1.807, 2.05) is 0 Å². The second kappa shape index (κ2) is 27.8. The number of esters is 6. The summed E-state index contributed by atoms with van der Waals surface area (Å²) in [6, 6.07) is 20.4. The van der Waals surface area contributed by atoms with Crippen LogP contribution in [0.3, 0.4) is 0 Å². The van der Waals surface area contributed by atoms with Crippen LogP contribution in [0, 0.1) is 0 Å². The van der Waals surface area contributed by atoms with Crippen molar-refractivity contribution in [2.45, 2.75) is 63.9 Å². The van der Waals surface area contributed by atoms with Gasteiger partial charge in [0.25, 0.3) is 0 Å². The Morgan fingerprint density at radius 2 is 0.714 bits per heavy atom. The van der Waals surface area contributed by atoms with E-state index in [0.717, 1.165) is 0 Å². The Labute approximate surface area is 367 Å². The molecule has 15 nitrogen and oxygen atoms in total. The van der Waals surface area contributed by atoms with Gasteiger partial charge in [0.1, 0.15) is 30.5 Å². The zero-order valence-corrected chi connectivity index (χ0v) is 36.2. The van der Waals surface area contributed by atoms with Crippen molar-refractivity contribution in [3.63, 3.8) is 0 Å². The van der Waals surface area contributed by atoms with E-state index in [4.69, 9.17) is 42.6 Å². The molecule has 0 spiro atoms. The van der Waals surface area contributed by atoms with Gasteiger partial charge in [0.2, 0.25) is 0 Å². The lowest BCUT2D eigenvalue weighted by atomic mass is 10.1. The first kappa shape index (κ1) is 50.5. The van der Waals surface area contributed by atoms with E-state index in [2.05, 4.69) is 19.7 Å². The number of methoxy groups -OCH3 is 3. The van der Waals surface area contributed by atoms with Crippen LogP contribution < -0.4 is 14.2 Å². The molecule has 0 aliphatic heterocycles. The molecule has 63 heavy (non-hydrogen) atoms. The summed E-state index contributed by atoms with van der Waals surface area (Å²) in [6.07, 6.45) is 2.17. The van der Waals surface area contributed by atoms with Crippen molar-refractivity contribution in [1.82, 2.24) is 0 Å². The van der Waals surface area contributed by atoms with Gasteiger partial charge >= 0.3 is 35.8 Å². The molecule has 0 aliphatic rings. The van der Waals surface area contributed by atoms with Gasteiger partial charge in [-0.2, -0.15) is 0 Å². The number of benzene rings is 3. The first-order valence-electron chi connectivity index (χ1n) is 20.4. The Morgan fingerprint density at radius 1 is 0.429 bits per heavy atom. The van der Waals surface area contributed by atoms with Gasteiger partial charge < -0.3 is 42.6 Å². The largest absolute Gasteiger partial charge is 0.494 e. The minimum Gasteiger partial charge on any atom is -0.494 e. The lowest BCUT2D eigenvalue weighted by Gasteiger charge is -2.18. The first-order valence-corrected chi connectivity index (χ1v) is 20.4. The second-order valence-corrected chi connectivity index (χ2v) is 13.9. The molecule has 0 unspecified atom stereocenters. The molecule has 0 saturated carbocycles. The van der Waals surface area contributed by atoms with Crippen LogP contribution in [0.25, 0.3) is 16.7 Å². The Morgan fingerprint density at radius 3 is 1.00 bits per heavy atom. The molecule has 0 bridgehead atoms. The number of carbonyl (C=O) groups excluding carboxylic acids is 6. The summed E-state index contributed by atoms with van der Waals surface area (Å²) in [4.78, 5) is 73.1. The van der Waals surface area contributed by atoms with Crippen LogP contribution in [0.15, 0.2) is 92.5 Å². The molecule has 3 aromatic rings. The highest BCUT2D eigenvalue weighted by Crippen LogP contribution is 2.22. The van der Waals surface area contributed by atoms with E-state index >= 15 is 0 Å². The smallest absolute Gasteiger partial charge is 0.337 e. The van der Waals surface area contributed by atoms with Gasteiger partial charge in [-0.25, -0.2) is 14.4 Å². The summed E-state index contributed by atoms with van der Waals surface area (Å²) >= 11 is 0. The van der Waals surface area contributed by atoms with Crippen LogP contribution in [-0.4, -0.2) is 96.3 Å². The zero-order chi connectivity index (χ0) is 46.0. The third kappa shape index (κ3) is 18.7. The van der Waals surface area contributed by atoms with Gasteiger partial charge in [-0.15, -0.1) is 0 Å². The number of ether oxygens (including phenoxy) is 9. The third-order valence-electron chi connectivity index (χ3n) is 9.19. The maximum Gasteiger partial charge on any atom is 0.337 e. The monoisotopic (exact) mass is 872 g/mol. The van der Waals surface area contributed by atoms with Crippen molar-refractivity contribution in [3.05, 3.63) is 109 Å². The van der Waals surface area contributed by atoms with E-state index < -0.39 is 41.9 Å². The minimum absolute atomic E-state index is 0.0468. The van der Waals surface area contributed by atoms with E-state index in [0.29, 0.717) is 92.3 Å². The Bertz CT molecular complexity index is 1900. The number of carbonyl (C=O) groups is 6. The molecular weight excluding hydrogens is 817 g/mol. The maximum atomic E-state index is 12.8. The summed E-state index contributed by atoms with van der Waals surface area (Å²) in [5.74, 6) is -1.41. The van der Waals surface area contributed by atoms with Gasteiger partial charge in [0, 0.05) is 19.3 Å². The van der Waals surface area contributed by atoms with Crippen LogP contribution in [0.1, 0.15) is 74.5 Å². The third-order valence-corrected chi connectivity index (χ3v) is 9.19. The van der Waals surface area contributed by atoms with E-state index in [-0.39, 0.29) is 49.2 Å². The Balaban J connectivity index is 1.41. The Kier molecular flexibility index (Phi) is 22.3. The normalized spacial score (nSPS) is 10.5. The van der Waals surface area contributed by atoms with Crippen LogP contribution in [0.4, 0.5) is 0 Å². The van der Waals surface area contributed by atoms with Crippen molar-refractivity contribution in [2.75, 3.05) is 54.4 Å². The number of hydrogen-bond donors (Lipinski definition) is 0. The van der Waals surface area contributed by atoms with Crippen molar-refractivity contribution in [2.24, 2.45) is 0 Å². The molecular formula is C48H56O15. The average Bonchev–Trinajstić information content (AvgIpc) is 3.31. The van der Waals surface area contributed by atoms with Crippen molar-refractivity contribution in [1.29, 1.82) is 0 Å². The molecule has 0 atom stereocenters. The molecule has 0 aromatic heterocycles. The highest BCUT2D eigenvalue weighted by atomic mass is 16.6. The molecule has 0 N–H and O–H groups in total. The molecule has 3 aromatic carbocycles. The fourth-order valence-electron chi connectivity index (χ4n) is 5.54. The van der Waals surface area contributed by atoms with E-state index in [9.17, 15) is 28.8 Å². The van der Waals surface area contributed by atoms with Gasteiger partial charge in [0.05, 0.1) is 57.9 Å². The van der Waals surface area contributed by atoms with Crippen molar-refractivity contribution < 1.29 is 71.4 Å². The molecule has 0 fully saturated rings. The number of rotatable bonds is 29. The second-order valence-electron chi connectivity index (χ2n) is 13.9. The van der Waals surface area contributed by atoms with Gasteiger partial charge in [-0.3, -0.25) is 14.4 Å². The fraction of sp³-hybridized carbons (Fsp3) is 0.375. The number of hydrogen-bond acceptors (Lipinski definition) is 15. The summed E-state index contributed by atoms with van der Waals surface area (Å²) in [5.41, 5.74) is 2.52. The molecule has 0 amide bonds. The highest BCUT2D eigenvalue weighted by Gasteiger charge is 2.20. The lowest BCUT2D eigenvalue weighted by molar-refractivity contribution is -0.167. The molecule has 0 saturated heterocycles. The minimum atomic E-state index is -1.02. The SMILES string of the molecule is C=C(C(=O)OC)c1ccc(OCCCCC(=O)OCC(COC(=O)CCCCOc2ccc(C(=C)C(=O)OC)cc2)OC(=O)CCCCOc2ccc(C(=C)C(=O)OC)cc2)cc1. The van der Waals surface area contributed by atoms with Crippen LogP contribution >= 0.6 is 0 Å². The zero-order valence-electron chi connectivity index (χ0n) is 36.2. The fourth-order valence-corrected chi connectivity index (χ4v) is 5.54. The summed E-state index contributed by atoms with van der Waals surface area (Å²) in [6.45, 7) is 11.5. The standard InChI is InChI=1S/C48H56O15/c1-33(46(52)55-4)36-16-22-39(23-17-36)58-28-10-7-13-43(49)61-31-42(63-45(51)15-9-12-30-60-41-26-20-38(21-27-41)35(3)48(54)57-6)32-62-44(50)14-8-11-29-59-40-24-18-37(19-25-40)34(2)47(53)56-5/h16-27,42H,1-3,7-15,28-32H2,4-6H3. The molecule has 0 heterocycles. The van der Waals surface area contributed by atoms with Gasteiger partial charge in [-0.05, 0) is 91.6 Å². The predicted molar refractivity (Wildman–Crippen MR) is 232 cm³/mol. The van der Waals surface area contributed by atoms with Crippen molar-refractivity contribution >= 4 is 52.5 Å². The van der Waals surface area contributed by atoms with Crippen LogP contribution in [0.2, 0.25) is 0 Å². The van der Waals surface area contributed by atoms with Crippen LogP contribution in [0.5, 0.6) is 17.2 Å².